The van der Waals surface area contributed by atoms with Crippen molar-refractivity contribution in [3.63, 3.8) is 0 Å². The maximum Gasteiger partial charge on any atom is 0.191 e. The number of hydrogen-bond acceptors (Lipinski definition) is 3. The van der Waals surface area contributed by atoms with Crippen molar-refractivity contribution in [2.24, 2.45) is 12.0 Å². The molecule has 2 rings (SSSR count). The molecule has 1 atom stereocenters. The third-order valence-electron chi connectivity index (χ3n) is 4.31. The molecular weight excluding hydrogens is 472 g/mol. The Hall–Kier alpha value is -1.84. The average molecular weight is 503 g/mol. The van der Waals surface area contributed by atoms with Gasteiger partial charge in [0.2, 0.25) is 0 Å². The van der Waals surface area contributed by atoms with Crippen LogP contribution in [0.3, 0.4) is 0 Å². The lowest BCUT2D eigenvalue weighted by atomic mass is 10.1. The van der Waals surface area contributed by atoms with Gasteiger partial charge < -0.3 is 15.4 Å². The van der Waals surface area contributed by atoms with Crippen molar-refractivity contribution in [1.29, 1.82) is 0 Å². The molecule has 0 bridgehead atoms. The van der Waals surface area contributed by atoms with Gasteiger partial charge in [0.25, 0.3) is 0 Å². The van der Waals surface area contributed by atoms with E-state index < -0.39 is 0 Å². The Morgan fingerprint density at radius 3 is 2.68 bits per heavy atom. The highest BCUT2D eigenvalue weighted by atomic mass is 127. The summed E-state index contributed by atoms with van der Waals surface area (Å²) in [5.41, 5.74) is 3.52. The van der Waals surface area contributed by atoms with Crippen LogP contribution < -0.4 is 15.4 Å². The van der Waals surface area contributed by atoms with Crippen molar-refractivity contribution in [2.45, 2.75) is 40.2 Å². The van der Waals surface area contributed by atoms with Gasteiger partial charge in [0.1, 0.15) is 17.7 Å². The van der Waals surface area contributed by atoms with Gasteiger partial charge in [0, 0.05) is 31.9 Å². The molecule has 1 heterocycles. The number of aryl methyl sites for hydroxylation is 2. The Labute approximate surface area is 184 Å². The van der Waals surface area contributed by atoms with Gasteiger partial charge in [-0.15, -0.1) is 24.0 Å². The first-order chi connectivity index (χ1) is 12.9. The molecule has 0 aliphatic carbocycles. The zero-order chi connectivity index (χ0) is 19.8. The summed E-state index contributed by atoms with van der Waals surface area (Å²) >= 11 is 0. The number of aliphatic imine (C=N–C) groups is 1. The fraction of sp³-hybridized carbons (Fsp3) is 0.500. The molecule has 156 valence electrons. The molecule has 2 N–H and O–H groups in total. The first-order valence-corrected chi connectivity index (χ1v) is 9.34. The summed E-state index contributed by atoms with van der Waals surface area (Å²) < 4.78 is 20.9. The highest BCUT2D eigenvalue weighted by molar-refractivity contribution is 14.0. The maximum absolute atomic E-state index is 13.2. The third-order valence-corrected chi connectivity index (χ3v) is 4.31. The number of hydrogen-bond donors (Lipinski definition) is 2. The van der Waals surface area contributed by atoms with Gasteiger partial charge in [0.05, 0.1) is 12.2 Å². The van der Waals surface area contributed by atoms with Crippen molar-refractivity contribution >= 4 is 29.9 Å². The molecule has 0 saturated carbocycles. The molecule has 1 aromatic heterocycles. The normalized spacial score (nSPS) is 12.3. The fourth-order valence-corrected chi connectivity index (χ4v) is 2.86. The van der Waals surface area contributed by atoms with Crippen molar-refractivity contribution in [3.05, 3.63) is 47.0 Å². The minimum absolute atomic E-state index is 0. The molecule has 0 saturated heterocycles. The number of halogens is 2. The Bertz CT molecular complexity index is 778. The molecule has 0 aliphatic heterocycles. The summed E-state index contributed by atoms with van der Waals surface area (Å²) in [5.74, 6) is 0.948. The number of aromatic nitrogens is 2. The van der Waals surface area contributed by atoms with Crippen LogP contribution >= 0.6 is 24.0 Å². The molecule has 28 heavy (non-hydrogen) atoms. The fourth-order valence-electron chi connectivity index (χ4n) is 2.86. The molecule has 2 aromatic rings. The largest absolute Gasteiger partial charge is 0.489 e. The van der Waals surface area contributed by atoms with Crippen LogP contribution in [0.15, 0.2) is 29.3 Å². The molecule has 1 aromatic carbocycles. The van der Waals surface area contributed by atoms with Crippen LogP contribution in [-0.2, 0) is 13.5 Å². The van der Waals surface area contributed by atoms with Gasteiger partial charge in [-0.3, -0.25) is 4.68 Å². The Balaban J connectivity index is 0.00000392. The van der Waals surface area contributed by atoms with E-state index in [1.165, 1.54) is 23.4 Å². The minimum atomic E-state index is -0.306. The van der Waals surface area contributed by atoms with E-state index in [1.54, 1.807) is 12.1 Å². The number of benzene rings is 1. The third kappa shape index (κ3) is 7.29. The van der Waals surface area contributed by atoms with Crippen molar-refractivity contribution in [1.82, 2.24) is 20.4 Å². The molecule has 6 nitrogen and oxygen atoms in total. The van der Waals surface area contributed by atoms with E-state index in [0.29, 0.717) is 12.3 Å². The second kappa shape index (κ2) is 11.9. The molecule has 0 radical (unpaired) electrons. The molecule has 1 unspecified atom stereocenters. The first-order valence-electron chi connectivity index (χ1n) is 9.34. The maximum atomic E-state index is 13.2. The van der Waals surface area contributed by atoms with E-state index in [1.807, 2.05) is 32.5 Å². The monoisotopic (exact) mass is 503 g/mol. The van der Waals surface area contributed by atoms with Gasteiger partial charge in [-0.1, -0.05) is 6.07 Å². The minimum Gasteiger partial charge on any atom is -0.489 e. The van der Waals surface area contributed by atoms with Gasteiger partial charge in [-0.2, -0.15) is 5.10 Å². The standard InChI is InChI=1S/C20H30FN5O.HI/c1-6-22-20(23-11-10-19-15(3)25-26(5)16(19)4)24-13-14(2)27-18-9-7-8-17(21)12-18;/h7-9,12,14H,6,10-11,13H2,1-5H3,(H2,22,23,24);1H. The summed E-state index contributed by atoms with van der Waals surface area (Å²) in [5, 5.41) is 11.0. The van der Waals surface area contributed by atoms with Crippen LogP contribution in [0.25, 0.3) is 0 Å². The summed E-state index contributed by atoms with van der Waals surface area (Å²) in [6, 6.07) is 6.15. The van der Waals surface area contributed by atoms with Crippen LogP contribution in [0.4, 0.5) is 4.39 Å². The average Bonchev–Trinajstić information content (AvgIpc) is 2.85. The van der Waals surface area contributed by atoms with Gasteiger partial charge in [0.15, 0.2) is 5.96 Å². The van der Waals surface area contributed by atoms with Crippen LogP contribution in [0.1, 0.15) is 30.8 Å². The number of guanidine groups is 1. The second-order valence-electron chi connectivity index (χ2n) is 6.56. The summed E-state index contributed by atoms with van der Waals surface area (Å²) in [6.07, 6.45) is 0.718. The van der Waals surface area contributed by atoms with E-state index >= 15 is 0 Å². The van der Waals surface area contributed by atoms with Gasteiger partial charge in [-0.25, -0.2) is 9.38 Å². The van der Waals surface area contributed by atoms with E-state index in [4.69, 9.17) is 4.74 Å². The summed E-state index contributed by atoms with van der Waals surface area (Å²) in [4.78, 5) is 4.57. The van der Waals surface area contributed by atoms with E-state index in [-0.39, 0.29) is 35.9 Å². The van der Waals surface area contributed by atoms with E-state index in [2.05, 4.69) is 27.6 Å². The predicted molar refractivity (Wildman–Crippen MR) is 122 cm³/mol. The number of ether oxygens (including phenoxy) is 1. The lowest BCUT2D eigenvalue weighted by Gasteiger charge is -2.15. The molecule has 0 fully saturated rings. The molecule has 0 amide bonds. The molecular formula is C20H31FIN5O. The quantitative estimate of drug-likeness (QED) is 0.330. The zero-order valence-electron chi connectivity index (χ0n) is 17.3. The van der Waals surface area contributed by atoms with Crippen molar-refractivity contribution < 1.29 is 9.13 Å². The van der Waals surface area contributed by atoms with Crippen molar-refractivity contribution in [2.75, 3.05) is 19.6 Å². The van der Waals surface area contributed by atoms with Crippen molar-refractivity contribution in [3.8, 4) is 5.75 Å². The topological polar surface area (TPSA) is 63.5 Å². The highest BCUT2D eigenvalue weighted by Gasteiger charge is 2.09. The Kier molecular flexibility index (Phi) is 10.3. The van der Waals surface area contributed by atoms with Crippen LogP contribution in [-0.4, -0.2) is 41.5 Å². The number of rotatable bonds is 8. The molecule has 8 heteroatoms. The summed E-state index contributed by atoms with van der Waals surface area (Å²) in [6.45, 7) is 10.1. The zero-order valence-corrected chi connectivity index (χ0v) is 19.6. The predicted octanol–water partition coefficient (Wildman–Crippen LogP) is 3.36. The smallest absolute Gasteiger partial charge is 0.191 e. The van der Waals surface area contributed by atoms with E-state index in [9.17, 15) is 4.39 Å². The Morgan fingerprint density at radius 2 is 2.07 bits per heavy atom. The van der Waals surface area contributed by atoms with Crippen LogP contribution in [0.5, 0.6) is 5.75 Å². The van der Waals surface area contributed by atoms with Crippen LogP contribution in [0.2, 0.25) is 0 Å². The molecule has 0 aliphatic rings. The first kappa shape index (κ1) is 24.2. The lowest BCUT2D eigenvalue weighted by Crippen LogP contribution is -2.39. The highest BCUT2D eigenvalue weighted by Crippen LogP contribution is 2.14. The Morgan fingerprint density at radius 1 is 1.32 bits per heavy atom. The van der Waals surface area contributed by atoms with Gasteiger partial charge in [-0.05, 0) is 51.8 Å². The molecule has 0 spiro atoms. The van der Waals surface area contributed by atoms with Gasteiger partial charge >= 0.3 is 0 Å². The number of nitrogens with zero attached hydrogens (tertiary/aromatic N) is 3. The van der Waals surface area contributed by atoms with Crippen LogP contribution in [0, 0.1) is 19.7 Å². The SMILES string of the molecule is CCNC(=NCC(C)Oc1cccc(F)c1)NCCc1c(C)nn(C)c1C.I. The lowest BCUT2D eigenvalue weighted by molar-refractivity contribution is 0.229. The summed E-state index contributed by atoms with van der Waals surface area (Å²) in [7, 11) is 1.96. The second-order valence-corrected chi connectivity index (χ2v) is 6.56. The number of nitrogens with one attached hydrogen (secondary N) is 2. The van der Waals surface area contributed by atoms with E-state index in [0.717, 1.165) is 31.2 Å².